The van der Waals surface area contributed by atoms with Crippen molar-refractivity contribution in [1.29, 1.82) is 0 Å². The van der Waals surface area contributed by atoms with Crippen LogP contribution in [0.4, 0.5) is 0 Å². The molecule has 1 aromatic rings. The minimum absolute atomic E-state index is 0.0108. The predicted octanol–water partition coefficient (Wildman–Crippen LogP) is 2.46. The highest BCUT2D eigenvalue weighted by Crippen LogP contribution is 2.37. The molecule has 0 radical (unpaired) electrons. The summed E-state index contributed by atoms with van der Waals surface area (Å²) >= 11 is 1.61. The zero-order valence-electron chi connectivity index (χ0n) is 11.7. The van der Waals surface area contributed by atoms with Gasteiger partial charge in [0, 0.05) is 10.9 Å². The molecule has 1 aromatic carbocycles. The third-order valence-electron chi connectivity index (χ3n) is 4.31. The van der Waals surface area contributed by atoms with Crippen molar-refractivity contribution in [2.24, 2.45) is 5.92 Å². The Balaban J connectivity index is 1.57. The van der Waals surface area contributed by atoms with Crippen LogP contribution in [-0.2, 0) is 16.0 Å². The Hall–Kier alpha value is -1.49. The number of hydrogen-bond acceptors (Lipinski definition) is 3. The first-order valence-electron chi connectivity index (χ1n) is 7.41. The first-order valence-corrected chi connectivity index (χ1v) is 8.29. The van der Waals surface area contributed by atoms with Crippen molar-refractivity contribution in [1.82, 2.24) is 5.32 Å². The van der Waals surface area contributed by atoms with Gasteiger partial charge in [0.1, 0.15) is 0 Å². The molecule has 1 saturated carbocycles. The Morgan fingerprint density at radius 2 is 2.05 bits per heavy atom. The van der Waals surface area contributed by atoms with Gasteiger partial charge in [-0.25, -0.2) is 0 Å². The monoisotopic (exact) mass is 305 g/mol. The Kier molecular flexibility index (Phi) is 4.19. The molecule has 0 saturated heterocycles. The van der Waals surface area contributed by atoms with Crippen molar-refractivity contribution in [2.45, 2.75) is 48.3 Å². The number of thioether (sulfide) groups is 1. The molecular formula is C16H19NO3S. The summed E-state index contributed by atoms with van der Waals surface area (Å²) in [7, 11) is 0. The largest absolute Gasteiger partial charge is 0.481 e. The first kappa shape index (κ1) is 14.4. The molecule has 0 bridgehead atoms. The number of carboxylic acid groups (broad SMARTS) is 1. The van der Waals surface area contributed by atoms with Gasteiger partial charge in [-0.2, -0.15) is 0 Å². The molecule has 2 aliphatic rings. The molecule has 1 fully saturated rings. The highest BCUT2D eigenvalue weighted by atomic mass is 32.2. The molecule has 1 aliphatic carbocycles. The van der Waals surface area contributed by atoms with E-state index in [0.29, 0.717) is 6.42 Å². The van der Waals surface area contributed by atoms with Crippen LogP contribution in [0.25, 0.3) is 0 Å². The molecule has 3 atom stereocenters. The number of carbonyl (C=O) groups is 2. The number of fused-ring (bicyclic) bond motifs is 1. The van der Waals surface area contributed by atoms with E-state index in [0.717, 1.165) is 25.7 Å². The summed E-state index contributed by atoms with van der Waals surface area (Å²) < 4.78 is 0. The summed E-state index contributed by atoms with van der Waals surface area (Å²) in [6.07, 6.45) is 3.82. The molecular weight excluding hydrogens is 286 g/mol. The van der Waals surface area contributed by atoms with Crippen LogP contribution >= 0.6 is 11.8 Å². The second kappa shape index (κ2) is 6.10. The van der Waals surface area contributed by atoms with Crippen LogP contribution in [-0.4, -0.2) is 28.3 Å². The standard InChI is InChI=1S/C16H19NO3S/c18-15(14-9-10-4-1-2-7-13(10)21-14)17-12-6-3-5-11(8-12)16(19)20/h1-2,4,7,11-12,14H,3,5-6,8-9H2,(H,17,18)(H,19,20). The molecule has 3 unspecified atom stereocenters. The Morgan fingerprint density at radius 1 is 1.24 bits per heavy atom. The normalized spacial score (nSPS) is 27.9. The summed E-state index contributed by atoms with van der Waals surface area (Å²) in [5.41, 5.74) is 1.23. The lowest BCUT2D eigenvalue weighted by Crippen LogP contribution is -2.43. The van der Waals surface area contributed by atoms with Crippen LogP contribution in [0.2, 0.25) is 0 Å². The van der Waals surface area contributed by atoms with Crippen LogP contribution in [0, 0.1) is 5.92 Å². The van der Waals surface area contributed by atoms with E-state index in [2.05, 4.69) is 11.4 Å². The number of nitrogens with one attached hydrogen (secondary N) is 1. The number of hydrogen-bond donors (Lipinski definition) is 2. The molecule has 112 valence electrons. The molecule has 2 N–H and O–H groups in total. The maximum absolute atomic E-state index is 12.4. The molecule has 0 spiro atoms. The first-order chi connectivity index (χ1) is 10.1. The van der Waals surface area contributed by atoms with Gasteiger partial charge in [0.25, 0.3) is 0 Å². The van der Waals surface area contributed by atoms with Gasteiger partial charge in [-0.1, -0.05) is 24.6 Å². The third kappa shape index (κ3) is 3.23. The van der Waals surface area contributed by atoms with E-state index in [1.807, 2.05) is 18.2 Å². The van der Waals surface area contributed by atoms with Gasteiger partial charge in [0.05, 0.1) is 11.2 Å². The van der Waals surface area contributed by atoms with Crippen LogP contribution in [0.3, 0.4) is 0 Å². The van der Waals surface area contributed by atoms with Gasteiger partial charge in [-0.15, -0.1) is 11.8 Å². The third-order valence-corrected chi connectivity index (χ3v) is 5.63. The molecule has 1 heterocycles. The summed E-state index contributed by atoms with van der Waals surface area (Å²) in [6, 6.07) is 8.12. The number of rotatable bonds is 3. The van der Waals surface area contributed by atoms with Crippen LogP contribution in [0.15, 0.2) is 29.2 Å². The van der Waals surface area contributed by atoms with Crippen molar-refractivity contribution < 1.29 is 14.7 Å². The molecule has 0 aromatic heterocycles. The molecule has 21 heavy (non-hydrogen) atoms. The highest BCUT2D eigenvalue weighted by Gasteiger charge is 2.32. The van der Waals surface area contributed by atoms with E-state index in [1.165, 1.54) is 10.5 Å². The van der Waals surface area contributed by atoms with Gasteiger partial charge < -0.3 is 10.4 Å². The molecule has 4 nitrogen and oxygen atoms in total. The van der Waals surface area contributed by atoms with Crippen LogP contribution in [0.5, 0.6) is 0 Å². The Bertz CT molecular complexity index is 535. The predicted molar refractivity (Wildman–Crippen MR) is 81.3 cm³/mol. The maximum atomic E-state index is 12.4. The number of amides is 1. The van der Waals surface area contributed by atoms with E-state index in [9.17, 15) is 9.59 Å². The number of carboxylic acids is 1. The second-order valence-electron chi connectivity index (χ2n) is 5.83. The van der Waals surface area contributed by atoms with E-state index in [-0.39, 0.29) is 23.1 Å². The minimum Gasteiger partial charge on any atom is -0.481 e. The lowest BCUT2D eigenvalue weighted by Gasteiger charge is -2.28. The molecule has 1 amide bonds. The lowest BCUT2D eigenvalue weighted by molar-refractivity contribution is -0.143. The zero-order valence-corrected chi connectivity index (χ0v) is 12.6. The molecule has 5 heteroatoms. The minimum atomic E-state index is -0.739. The van der Waals surface area contributed by atoms with Crippen molar-refractivity contribution in [2.75, 3.05) is 0 Å². The summed E-state index contributed by atoms with van der Waals surface area (Å²) in [5.74, 6) is -0.999. The fourth-order valence-corrected chi connectivity index (χ4v) is 4.37. The topological polar surface area (TPSA) is 66.4 Å². The van der Waals surface area contributed by atoms with E-state index in [4.69, 9.17) is 5.11 Å². The van der Waals surface area contributed by atoms with Gasteiger partial charge in [0.15, 0.2) is 0 Å². The smallest absolute Gasteiger partial charge is 0.306 e. The quantitative estimate of drug-likeness (QED) is 0.900. The van der Waals surface area contributed by atoms with Gasteiger partial charge in [0.2, 0.25) is 5.91 Å². The molecule has 1 aliphatic heterocycles. The van der Waals surface area contributed by atoms with Crippen LogP contribution < -0.4 is 5.32 Å². The summed E-state index contributed by atoms with van der Waals surface area (Å²) in [5, 5.41) is 12.1. The van der Waals surface area contributed by atoms with E-state index < -0.39 is 5.97 Å². The van der Waals surface area contributed by atoms with Crippen molar-refractivity contribution in [3.63, 3.8) is 0 Å². The van der Waals surface area contributed by atoms with Crippen molar-refractivity contribution >= 4 is 23.6 Å². The van der Waals surface area contributed by atoms with Gasteiger partial charge in [-0.3, -0.25) is 9.59 Å². The average molecular weight is 305 g/mol. The second-order valence-corrected chi connectivity index (χ2v) is 7.07. The average Bonchev–Trinajstić information content (AvgIpc) is 2.91. The Labute approximate surface area is 128 Å². The number of carbonyl (C=O) groups excluding carboxylic acids is 1. The summed E-state index contributed by atoms with van der Waals surface area (Å²) in [4.78, 5) is 24.6. The summed E-state index contributed by atoms with van der Waals surface area (Å²) in [6.45, 7) is 0. The van der Waals surface area contributed by atoms with Gasteiger partial charge >= 0.3 is 5.97 Å². The van der Waals surface area contributed by atoms with Crippen LogP contribution in [0.1, 0.15) is 31.2 Å². The number of aliphatic carboxylic acids is 1. The SMILES string of the molecule is O=C(O)C1CCCC(NC(=O)C2Cc3ccccc3S2)C1. The van der Waals surface area contributed by atoms with Crippen molar-refractivity contribution in [3.05, 3.63) is 29.8 Å². The molecule has 3 rings (SSSR count). The fraction of sp³-hybridized carbons (Fsp3) is 0.500. The van der Waals surface area contributed by atoms with Crippen molar-refractivity contribution in [3.8, 4) is 0 Å². The van der Waals surface area contributed by atoms with E-state index in [1.54, 1.807) is 11.8 Å². The van der Waals surface area contributed by atoms with Gasteiger partial charge in [-0.05, 0) is 37.3 Å². The number of benzene rings is 1. The zero-order chi connectivity index (χ0) is 14.8. The van der Waals surface area contributed by atoms with E-state index >= 15 is 0 Å². The maximum Gasteiger partial charge on any atom is 0.306 e. The Morgan fingerprint density at radius 3 is 2.81 bits per heavy atom. The fourth-order valence-electron chi connectivity index (χ4n) is 3.17. The highest BCUT2D eigenvalue weighted by molar-refractivity contribution is 8.01. The lowest BCUT2D eigenvalue weighted by atomic mass is 9.85.